The monoisotopic (exact) mass is 297 g/mol. The van der Waals surface area contributed by atoms with E-state index in [9.17, 15) is 13.2 Å². The van der Waals surface area contributed by atoms with Crippen LogP contribution < -0.4 is 5.32 Å². The topological polar surface area (TPSA) is 29.9 Å². The third-order valence-corrected chi connectivity index (χ3v) is 3.27. The van der Waals surface area contributed by atoms with Crippen LogP contribution in [0.3, 0.4) is 0 Å². The number of rotatable bonds is 5. The molecule has 2 aromatic rings. The van der Waals surface area contributed by atoms with Crippen molar-refractivity contribution in [3.05, 3.63) is 53.9 Å². The van der Waals surface area contributed by atoms with Crippen molar-refractivity contribution in [1.29, 1.82) is 0 Å². The third-order valence-electron chi connectivity index (χ3n) is 3.27. The van der Waals surface area contributed by atoms with Crippen LogP contribution in [0.1, 0.15) is 31.0 Å². The number of nitrogens with one attached hydrogen (secondary N) is 1. The molecule has 0 aliphatic carbocycles. The first kappa shape index (κ1) is 15.6. The first-order valence-corrected chi connectivity index (χ1v) is 6.77. The summed E-state index contributed by atoms with van der Waals surface area (Å²) in [6.45, 7) is 4.50. The molecule has 3 nitrogen and oxygen atoms in total. The van der Waals surface area contributed by atoms with E-state index in [1.807, 2.05) is 26.1 Å². The molecule has 2 unspecified atom stereocenters. The van der Waals surface area contributed by atoms with E-state index in [1.54, 1.807) is 16.9 Å². The van der Waals surface area contributed by atoms with Crippen molar-refractivity contribution in [3.63, 3.8) is 0 Å². The van der Waals surface area contributed by atoms with Gasteiger partial charge in [0, 0.05) is 24.5 Å². The second-order valence-electron chi connectivity index (χ2n) is 5.14. The van der Waals surface area contributed by atoms with E-state index in [2.05, 4.69) is 10.4 Å². The molecule has 0 radical (unpaired) electrons. The highest BCUT2D eigenvalue weighted by Gasteiger charge is 2.30. The molecule has 114 valence electrons. The van der Waals surface area contributed by atoms with Gasteiger partial charge >= 0.3 is 6.18 Å². The van der Waals surface area contributed by atoms with Gasteiger partial charge in [0.2, 0.25) is 0 Å². The SMILES string of the molecule is CC(Cn1cccn1)NC(C)c1cccc(C(F)(F)F)c1. The van der Waals surface area contributed by atoms with E-state index in [0.717, 1.165) is 6.07 Å². The second kappa shape index (κ2) is 6.30. The van der Waals surface area contributed by atoms with Crippen molar-refractivity contribution >= 4 is 0 Å². The van der Waals surface area contributed by atoms with Gasteiger partial charge in [-0.3, -0.25) is 4.68 Å². The first-order valence-electron chi connectivity index (χ1n) is 6.77. The average Bonchev–Trinajstić information content (AvgIpc) is 2.90. The normalized spacial score (nSPS) is 14.9. The quantitative estimate of drug-likeness (QED) is 0.913. The Bertz CT molecular complexity index is 564. The Balaban J connectivity index is 2.01. The van der Waals surface area contributed by atoms with Crippen molar-refractivity contribution in [3.8, 4) is 0 Å². The number of nitrogens with zero attached hydrogens (tertiary/aromatic N) is 2. The van der Waals surface area contributed by atoms with Crippen LogP contribution >= 0.6 is 0 Å². The van der Waals surface area contributed by atoms with Crippen LogP contribution in [0, 0.1) is 0 Å². The number of benzene rings is 1. The lowest BCUT2D eigenvalue weighted by Crippen LogP contribution is -2.32. The van der Waals surface area contributed by atoms with Crippen molar-refractivity contribution in [1.82, 2.24) is 15.1 Å². The van der Waals surface area contributed by atoms with Crippen LogP contribution in [0.4, 0.5) is 13.2 Å². The van der Waals surface area contributed by atoms with Gasteiger partial charge in [-0.25, -0.2) is 0 Å². The molecule has 6 heteroatoms. The zero-order chi connectivity index (χ0) is 15.5. The minimum absolute atomic E-state index is 0.0921. The number of aromatic nitrogens is 2. The van der Waals surface area contributed by atoms with Crippen LogP contribution in [0.15, 0.2) is 42.7 Å². The number of hydrogen-bond donors (Lipinski definition) is 1. The molecule has 0 spiro atoms. The summed E-state index contributed by atoms with van der Waals surface area (Å²) in [6, 6.07) is 7.18. The highest BCUT2D eigenvalue weighted by molar-refractivity contribution is 5.27. The number of hydrogen-bond acceptors (Lipinski definition) is 2. The van der Waals surface area contributed by atoms with Crippen LogP contribution in [0.25, 0.3) is 0 Å². The third kappa shape index (κ3) is 4.32. The van der Waals surface area contributed by atoms with Crippen LogP contribution in [-0.2, 0) is 12.7 Å². The van der Waals surface area contributed by atoms with E-state index in [4.69, 9.17) is 0 Å². The smallest absolute Gasteiger partial charge is 0.306 e. The minimum atomic E-state index is -4.31. The van der Waals surface area contributed by atoms with E-state index in [1.165, 1.54) is 12.1 Å². The lowest BCUT2D eigenvalue weighted by Gasteiger charge is -2.21. The second-order valence-corrected chi connectivity index (χ2v) is 5.14. The van der Waals surface area contributed by atoms with Gasteiger partial charge in [-0.05, 0) is 37.6 Å². The molecule has 0 aliphatic heterocycles. The van der Waals surface area contributed by atoms with E-state index in [0.29, 0.717) is 12.1 Å². The summed E-state index contributed by atoms with van der Waals surface area (Å²) in [5.41, 5.74) is 0.00511. The van der Waals surface area contributed by atoms with Gasteiger partial charge in [0.1, 0.15) is 0 Å². The van der Waals surface area contributed by atoms with Gasteiger partial charge in [-0.2, -0.15) is 18.3 Å². The summed E-state index contributed by atoms with van der Waals surface area (Å²) in [7, 11) is 0. The molecular formula is C15H18F3N3. The lowest BCUT2D eigenvalue weighted by molar-refractivity contribution is -0.137. The molecule has 0 fully saturated rings. The van der Waals surface area contributed by atoms with E-state index < -0.39 is 11.7 Å². The van der Waals surface area contributed by atoms with Crippen molar-refractivity contribution in [2.45, 2.75) is 38.7 Å². The van der Waals surface area contributed by atoms with E-state index >= 15 is 0 Å². The van der Waals surface area contributed by atoms with Crippen LogP contribution in [0.5, 0.6) is 0 Å². The summed E-state index contributed by atoms with van der Waals surface area (Å²) in [6.07, 6.45) is -0.757. The lowest BCUT2D eigenvalue weighted by atomic mass is 10.0. The Morgan fingerprint density at radius 1 is 1.24 bits per heavy atom. The summed E-state index contributed by atoms with van der Waals surface area (Å²) in [5, 5.41) is 7.40. The Morgan fingerprint density at radius 2 is 2.00 bits per heavy atom. The molecule has 0 aliphatic rings. The summed E-state index contributed by atoms with van der Waals surface area (Å²) >= 11 is 0. The Hall–Kier alpha value is -1.82. The van der Waals surface area contributed by atoms with Gasteiger partial charge in [0.25, 0.3) is 0 Å². The molecule has 21 heavy (non-hydrogen) atoms. The van der Waals surface area contributed by atoms with Crippen molar-refractivity contribution < 1.29 is 13.2 Å². The standard InChI is InChI=1S/C15H18F3N3/c1-11(10-21-8-4-7-19-21)20-12(2)13-5-3-6-14(9-13)15(16,17)18/h3-9,11-12,20H,10H2,1-2H3. The molecule has 2 rings (SSSR count). The predicted molar refractivity (Wildman–Crippen MR) is 74.7 cm³/mol. The molecular weight excluding hydrogens is 279 g/mol. The molecule has 1 aromatic heterocycles. The zero-order valence-corrected chi connectivity index (χ0v) is 11.9. The molecule has 1 heterocycles. The average molecular weight is 297 g/mol. The number of halogens is 3. The highest BCUT2D eigenvalue weighted by Crippen LogP contribution is 2.30. The van der Waals surface area contributed by atoms with Gasteiger partial charge in [-0.15, -0.1) is 0 Å². The summed E-state index contributed by atoms with van der Waals surface area (Å²) in [4.78, 5) is 0. The molecule has 1 N–H and O–H groups in total. The molecule has 0 saturated heterocycles. The summed E-state index contributed by atoms with van der Waals surface area (Å²) < 4.78 is 39.9. The Kier molecular flexibility index (Phi) is 4.67. The van der Waals surface area contributed by atoms with Gasteiger partial charge in [-0.1, -0.05) is 12.1 Å². The van der Waals surface area contributed by atoms with Crippen LogP contribution in [0.2, 0.25) is 0 Å². The molecule has 2 atom stereocenters. The maximum atomic E-state index is 12.7. The first-order chi connectivity index (χ1) is 9.86. The maximum absolute atomic E-state index is 12.7. The number of alkyl halides is 3. The predicted octanol–water partition coefficient (Wildman–Crippen LogP) is 3.64. The molecule has 0 saturated carbocycles. The fourth-order valence-electron chi connectivity index (χ4n) is 2.25. The maximum Gasteiger partial charge on any atom is 0.416 e. The van der Waals surface area contributed by atoms with Gasteiger partial charge in [0.15, 0.2) is 0 Å². The van der Waals surface area contributed by atoms with E-state index in [-0.39, 0.29) is 12.1 Å². The zero-order valence-electron chi connectivity index (χ0n) is 11.9. The molecule has 0 bridgehead atoms. The minimum Gasteiger partial charge on any atom is -0.306 e. The molecule has 0 amide bonds. The van der Waals surface area contributed by atoms with Gasteiger partial charge < -0.3 is 5.32 Å². The largest absolute Gasteiger partial charge is 0.416 e. The fourth-order valence-corrected chi connectivity index (χ4v) is 2.25. The molecule has 1 aromatic carbocycles. The van der Waals surface area contributed by atoms with Crippen molar-refractivity contribution in [2.75, 3.05) is 0 Å². The highest BCUT2D eigenvalue weighted by atomic mass is 19.4. The summed E-state index contributed by atoms with van der Waals surface area (Å²) in [5.74, 6) is 0. The fraction of sp³-hybridized carbons (Fsp3) is 0.400. The Labute approximate surface area is 121 Å². The van der Waals surface area contributed by atoms with Gasteiger partial charge in [0.05, 0.1) is 12.1 Å². The Morgan fingerprint density at radius 3 is 2.62 bits per heavy atom. The van der Waals surface area contributed by atoms with Crippen molar-refractivity contribution in [2.24, 2.45) is 0 Å². The van der Waals surface area contributed by atoms with Crippen LogP contribution in [-0.4, -0.2) is 15.8 Å².